The molecule has 100 valence electrons. The van der Waals surface area contributed by atoms with Crippen LogP contribution in [-0.4, -0.2) is 16.9 Å². The number of hydrogen-bond donors (Lipinski definition) is 2. The molecule has 1 aliphatic rings. The molecular weight excluding hydrogens is 236 g/mol. The van der Waals surface area contributed by atoms with Gasteiger partial charge in [-0.3, -0.25) is 4.79 Å². The number of aromatic amines is 1. The third-order valence-corrected chi connectivity index (χ3v) is 5.13. The van der Waals surface area contributed by atoms with E-state index >= 15 is 0 Å². The zero-order valence-corrected chi connectivity index (χ0v) is 11.9. The third kappa shape index (κ3) is 1.61. The largest absolute Gasteiger partial charge is 0.360 e. The van der Waals surface area contributed by atoms with E-state index in [4.69, 9.17) is 0 Å². The van der Waals surface area contributed by atoms with Crippen molar-refractivity contribution >= 4 is 16.8 Å². The van der Waals surface area contributed by atoms with E-state index in [9.17, 15) is 4.79 Å². The Bertz CT molecular complexity index is 638. The predicted molar refractivity (Wildman–Crippen MR) is 77.1 cm³/mol. The van der Waals surface area contributed by atoms with Crippen LogP contribution >= 0.6 is 0 Å². The van der Waals surface area contributed by atoms with Gasteiger partial charge in [0, 0.05) is 23.1 Å². The molecule has 0 spiro atoms. The van der Waals surface area contributed by atoms with Gasteiger partial charge >= 0.3 is 0 Å². The van der Waals surface area contributed by atoms with E-state index in [0.717, 1.165) is 16.5 Å². The maximum Gasteiger partial charge on any atom is 0.253 e. The third-order valence-electron chi connectivity index (χ3n) is 5.13. The Hall–Kier alpha value is -1.77. The second-order valence-electron chi connectivity index (χ2n) is 6.60. The average Bonchev–Trinajstić information content (AvgIpc) is 2.73. The van der Waals surface area contributed by atoms with Crippen LogP contribution in [0.5, 0.6) is 0 Å². The normalized spacial score (nSPS) is 20.4. The molecular formula is C16H20N2O. The van der Waals surface area contributed by atoms with Crippen LogP contribution < -0.4 is 5.32 Å². The minimum absolute atomic E-state index is 0.0149. The Morgan fingerprint density at radius 1 is 1.16 bits per heavy atom. The number of carbonyl (C=O) groups excluding carboxylic acids is 1. The van der Waals surface area contributed by atoms with Crippen LogP contribution in [0.25, 0.3) is 10.9 Å². The molecule has 1 aromatic heterocycles. The summed E-state index contributed by atoms with van der Waals surface area (Å²) in [6.45, 7) is 8.81. The van der Waals surface area contributed by atoms with Crippen molar-refractivity contribution in [3.05, 3.63) is 36.0 Å². The minimum atomic E-state index is 0.0149. The van der Waals surface area contributed by atoms with Crippen molar-refractivity contribution in [1.82, 2.24) is 10.3 Å². The summed E-state index contributed by atoms with van der Waals surface area (Å²) in [5.74, 6) is 0.0149. The fraction of sp³-hybridized carbons (Fsp3) is 0.438. The summed E-state index contributed by atoms with van der Waals surface area (Å²) in [6, 6.07) is 8.12. The second kappa shape index (κ2) is 3.62. The van der Waals surface area contributed by atoms with Crippen LogP contribution in [0.2, 0.25) is 0 Å². The van der Waals surface area contributed by atoms with Crippen molar-refractivity contribution < 1.29 is 4.79 Å². The lowest BCUT2D eigenvalue weighted by molar-refractivity contribution is 0.0945. The Balaban J connectivity index is 1.86. The van der Waals surface area contributed by atoms with E-state index < -0.39 is 0 Å². The van der Waals surface area contributed by atoms with Crippen LogP contribution in [0, 0.1) is 10.8 Å². The van der Waals surface area contributed by atoms with Crippen LogP contribution in [0.15, 0.2) is 30.5 Å². The number of benzene rings is 1. The number of H-pyrrole nitrogens is 1. The van der Waals surface area contributed by atoms with Crippen molar-refractivity contribution in [2.24, 2.45) is 10.8 Å². The standard InChI is InChI=1S/C16H20N2O/c1-15(2)14(16(15,3)4)18-13(19)11-9-17-12-8-6-5-7-10(11)12/h5-9,14,17H,1-4H3,(H,18,19). The maximum absolute atomic E-state index is 12.4. The fourth-order valence-electron chi connectivity index (χ4n) is 3.03. The molecule has 19 heavy (non-hydrogen) atoms. The van der Waals surface area contributed by atoms with Gasteiger partial charge in [0.25, 0.3) is 5.91 Å². The molecule has 2 aromatic rings. The van der Waals surface area contributed by atoms with E-state index in [1.54, 1.807) is 6.20 Å². The Kier molecular flexibility index (Phi) is 2.34. The average molecular weight is 256 g/mol. The zero-order valence-electron chi connectivity index (χ0n) is 11.9. The first-order valence-electron chi connectivity index (χ1n) is 6.72. The summed E-state index contributed by atoms with van der Waals surface area (Å²) in [7, 11) is 0. The zero-order chi connectivity index (χ0) is 13.8. The molecule has 0 saturated heterocycles. The topological polar surface area (TPSA) is 44.9 Å². The highest BCUT2D eigenvalue weighted by atomic mass is 16.1. The Labute approximate surface area is 113 Å². The Morgan fingerprint density at radius 2 is 1.79 bits per heavy atom. The minimum Gasteiger partial charge on any atom is -0.360 e. The summed E-state index contributed by atoms with van der Waals surface area (Å²) in [5, 5.41) is 4.15. The summed E-state index contributed by atoms with van der Waals surface area (Å²) in [5.41, 5.74) is 2.06. The van der Waals surface area contributed by atoms with Gasteiger partial charge in [-0.1, -0.05) is 45.9 Å². The number of carbonyl (C=O) groups is 1. The molecule has 0 bridgehead atoms. The van der Waals surface area contributed by atoms with Gasteiger partial charge in [-0.25, -0.2) is 0 Å². The maximum atomic E-state index is 12.4. The molecule has 3 rings (SSSR count). The van der Waals surface area contributed by atoms with Crippen molar-refractivity contribution in [3.63, 3.8) is 0 Å². The van der Waals surface area contributed by atoms with Crippen LogP contribution in [0.4, 0.5) is 0 Å². The van der Waals surface area contributed by atoms with Gasteiger partial charge < -0.3 is 10.3 Å². The molecule has 3 heteroatoms. The van der Waals surface area contributed by atoms with Crippen molar-refractivity contribution in [2.75, 3.05) is 0 Å². The molecule has 1 saturated carbocycles. The van der Waals surface area contributed by atoms with Gasteiger partial charge in [-0.15, -0.1) is 0 Å². The molecule has 2 N–H and O–H groups in total. The Morgan fingerprint density at radius 3 is 2.42 bits per heavy atom. The SMILES string of the molecule is CC1(C)C(NC(=O)c2c[nH]c3ccccc23)C1(C)C. The van der Waals surface area contributed by atoms with Gasteiger partial charge in [-0.05, 0) is 16.9 Å². The number of para-hydroxylation sites is 1. The molecule has 0 radical (unpaired) electrons. The molecule has 1 fully saturated rings. The van der Waals surface area contributed by atoms with E-state index in [0.29, 0.717) is 0 Å². The lowest BCUT2D eigenvalue weighted by Crippen LogP contribution is -2.29. The van der Waals surface area contributed by atoms with Crippen molar-refractivity contribution in [1.29, 1.82) is 0 Å². The summed E-state index contributed by atoms with van der Waals surface area (Å²) < 4.78 is 0. The number of amides is 1. The highest BCUT2D eigenvalue weighted by Crippen LogP contribution is 2.62. The summed E-state index contributed by atoms with van der Waals surface area (Å²) >= 11 is 0. The van der Waals surface area contributed by atoms with E-state index in [2.05, 4.69) is 38.0 Å². The molecule has 3 nitrogen and oxygen atoms in total. The van der Waals surface area contributed by atoms with Crippen LogP contribution in [0.1, 0.15) is 38.1 Å². The van der Waals surface area contributed by atoms with Crippen LogP contribution in [0.3, 0.4) is 0 Å². The first-order valence-corrected chi connectivity index (χ1v) is 6.72. The van der Waals surface area contributed by atoms with Gasteiger partial charge in [0.05, 0.1) is 5.56 Å². The molecule has 1 amide bonds. The predicted octanol–water partition coefficient (Wildman–Crippen LogP) is 3.33. The summed E-state index contributed by atoms with van der Waals surface area (Å²) in [4.78, 5) is 15.6. The van der Waals surface area contributed by atoms with Crippen molar-refractivity contribution in [3.8, 4) is 0 Å². The molecule has 1 aromatic carbocycles. The first kappa shape index (κ1) is 12.3. The smallest absolute Gasteiger partial charge is 0.253 e. The highest BCUT2D eigenvalue weighted by molar-refractivity contribution is 6.07. The van der Waals surface area contributed by atoms with E-state index in [-0.39, 0.29) is 22.8 Å². The monoisotopic (exact) mass is 256 g/mol. The molecule has 0 unspecified atom stereocenters. The van der Waals surface area contributed by atoms with E-state index in [1.165, 1.54) is 0 Å². The number of aromatic nitrogens is 1. The number of nitrogens with one attached hydrogen (secondary N) is 2. The van der Waals surface area contributed by atoms with Gasteiger partial charge in [0.1, 0.15) is 0 Å². The van der Waals surface area contributed by atoms with Gasteiger partial charge in [-0.2, -0.15) is 0 Å². The summed E-state index contributed by atoms with van der Waals surface area (Å²) in [6.07, 6.45) is 1.79. The molecule has 1 heterocycles. The molecule has 1 aliphatic carbocycles. The van der Waals surface area contributed by atoms with Crippen LogP contribution in [-0.2, 0) is 0 Å². The number of hydrogen-bond acceptors (Lipinski definition) is 1. The lowest BCUT2D eigenvalue weighted by atomic mass is 10.0. The molecule has 0 atom stereocenters. The van der Waals surface area contributed by atoms with Gasteiger partial charge in [0.15, 0.2) is 0 Å². The lowest BCUT2D eigenvalue weighted by Gasteiger charge is -2.05. The van der Waals surface area contributed by atoms with Gasteiger partial charge in [0.2, 0.25) is 0 Å². The molecule has 0 aliphatic heterocycles. The van der Waals surface area contributed by atoms with Crippen molar-refractivity contribution in [2.45, 2.75) is 33.7 Å². The second-order valence-corrected chi connectivity index (χ2v) is 6.60. The number of rotatable bonds is 2. The number of fused-ring (bicyclic) bond motifs is 1. The highest BCUT2D eigenvalue weighted by Gasteiger charge is 2.65. The fourth-order valence-corrected chi connectivity index (χ4v) is 3.03. The van der Waals surface area contributed by atoms with E-state index in [1.807, 2.05) is 24.3 Å². The quantitative estimate of drug-likeness (QED) is 0.850. The first-order chi connectivity index (χ1) is 8.85.